The molecule has 0 radical (unpaired) electrons. The number of para-hydroxylation sites is 1. The van der Waals surface area contributed by atoms with Crippen LogP contribution in [-0.4, -0.2) is 31.2 Å². The van der Waals surface area contributed by atoms with Crippen LogP contribution in [0, 0.1) is 6.92 Å². The molecule has 0 unspecified atom stereocenters. The van der Waals surface area contributed by atoms with Crippen molar-refractivity contribution in [2.24, 2.45) is 0 Å². The zero-order valence-corrected chi connectivity index (χ0v) is 13.8. The topological polar surface area (TPSA) is 37.4 Å². The Morgan fingerprint density at radius 1 is 0.958 bits per heavy atom. The van der Waals surface area contributed by atoms with Crippen LogP contribution in [0.3, 0.4) is 0 Å². The fourth-order valence-electron chi connectivity index (χ4n) is 3.17. The normalized spacial score (nSPS) is 14.8. The molecule has 1 aliphatic heterocycles. The molecule has 24 heavy (non-hydrogen) atoms. The highest BCUT2D eigenvalue weighted by molar-refractivity contribution is 5.93. The molecule has 0 aliphatic carbocycles. The molecule has 1 aliphatic rings. The van der Waals surface area contributed by atoms with Gasteiger partial charge in [-0.25, -0.2) is 0 Å². The largest absolute Gasteiger partial charge is 0.457 e. The van der Waals surface area contributed by atoms with Gasteiger partial charge in [-0.05, 0) is 43.3 Å². The molecule has 1 N–H and O–H groups in total. The number of anilines is 1. The van der Waals surface area contributed by atoms with Crippen molar-refractivity contribution in [3.05, 3.63) is 60.3 Å². The third-order valence-corrected chi connectivity index (χ3v) is 4.32. The Hall–Kier alpha value is -2.59. The van der Waals surface area contributed by atoms with Crippen LogP contribution in [0.4, 0.5) is 5.69 Å². The fraction of sp³-hybridized carbons (Fsp3) is 0.250. The van der Waals surface area contributed by atoms with Crippen molar-refractivity contribution in [3.63, 3.8) is 0 Å². The standard InChI is InChI=1S/C20H21N3O/c1-15-13-20(23-11-9-21-10-12-23)18-14-17(7-8-19(18)22-15)24-16-5-3-2-4-6-16/h2-8,13-14,21H,9-12H2,1H3. The lowest BCUT2D eigenvalue weighted by atomic mass is 10.1. The number of hydrogen-bond acceptors (Lipinski definition) is 4. The van der Waals surface area contributed by atoms with Gasteiger partial charge >= 0.3 is 0 Å². The molecular formula is C20H21N3O. The molecular weight excluding hydrogens is 298 g/mol. The van der Waals surface area contributed by atoms with E-state index in [0.29, 0.717) is 0 Å². The first kappa shape index (κ1) is 15.0. The Kier molecular flexibility index (Phi) is 4.05. The minimum absolute atomic E-state index is 0.843. The lowest BCUT2D eigenvalue weighted by molar-refractivity contribution is 0.483. The second-order valence-electron chi connectivity index (χ2n) is 6.11. The zero-order chi connectivity index (χ0) is 16.4. The molecule has 4 rings (SSSR count). The molecule has 1 fully saturated rings. The second kappa shape index (κ2) is 6.49. The number of ether oxygens (including phenoxy) is 1. The number of aryl methyl sites for hydroxylation is 1. The average molecular weight is 319 g/mol. The van der Waals surface area contributed by atoms with Crippen molar-refractivity contribution < 1.29 is 4.74 Å². The van der Waals surface area contributed by atoms with Gasteiger partial charge < -0.3 is 15.0 Å². The fourth-order valence-corrected chi connectivity index (χ4v) is 3.17. The van der Waals surface area contributed by atoms with Crippen molar-refractivity contribution >= 4 is 16.6 Å². The highest BCUT2D eigenvalue weighted by atomic mass is 16.5. The highest BCUT2D eigenvalue weighted by Gasteiger charge is 2.15. The Bertz CT molecular complexity index is 842. The predicted molar refractivity (Wildman–Crippen MR) is 98.1 cm³/mol. The summed E-state index contributed by atoms with van der Waals surface area (Å²) in [5, 5.41) is 4.56. The lowest BCUT2D eigenvalue weighted by Crippen LogP contribution is -2.43. The van der Waals surface area contributed by atoms with E-state index < -0.39 is 0 Å². The first-order valence-corrected chi connectivity index (χ1v) is 8.39. The van der Waals surface area contributed by atoms with E-state index in [1.165, 1.54) is 5.69 Å². The summed E-state index contributed by atoms with van der Waals surface area (Å²) < 4.78 is 6.00. The summed E-state index contributed by atoms with van der Waals surface area (Å²) in [6, 6.07) is 18.2. The van der Waals surface area contributed by atoms with Gasteiger partial charge in [0, 0.05) is 42.9 Å². The van der Waals surface area contributed by atoms with Gasteiger partial charge in [-0.15, -0.1) is 0 Å². The van der Waals surface area contributed by atoms with E-state index in [1.54, 1.807) is 0 Å². The number of piperazine rings is 1. The third kappa shape index (κ3) is 3.05. The molecule has 4 nitrogen and oxygen atoms in total. The number of hydrogen-bond donors (Lipinski definition) is 1. The number of nitrogens with zero attached hydrogens (tertiary/aromatic N) is 2. The Labute approximate surface area is 142 Å². The van der Waals surface area contributed by atoms with Crippen LogP contribution in [0.5, 0.6) is 11.5 Å². The third-order valence-electron chi connectivity index (χ3n) is 4.32. The van der Waals surface area contributed by atoms with E-state index in [1.807, 2.05) is 42.5 Å². The molecule has 1 saturated heterocycles. The lowest BCUT2D eigenvalue weighted by Gasteiger charge is -2.30. The van der Waals surface area contributed by atoms with E-state index in [0.717, 1.165) is 54.3 Å². The van der Waals surface area contributed by atoms with Gasteiger partial charge in [-0.3, -0.25) is 4.98 Å². The predicted octanol–water partition coefficient (Wildman–Crippen LogP) is 3.75. The maximum atomic E-state index is 6.00. The molecule has 122 valence electrons. The second-order valence-corrected chi connectivity index (χ2v) is 6.11. The smallest absolute Gasteiger partial charge is 0.128 e. The Morgan fingerprint density at radius 3 is 2.54 bits per heavy atom. The van der Waals surface area contributed by atoms with Gasteiger partial charge in [0.1, 0.15) is 11.5 Å². The van der Waals surface area contributed by atoms with Crippen LogP contribution in [0.1, 0.15) is 5.69 Å². The molecule has 0 spiro atoms. The molecule has 1 aromatic heterocycles. The monoisotopic (exact) mass is 319 g/mol. The summed E-state index contributed by atoms with van der Waals surface area (Å²) >= 11 is 0. The molecule has 0 amide bonds. The van der Waals surface area contributed by atoms with E-state index in [2.05, 4.69) is 34.3 Å². The van der Waals surface area contributed by atoms with Crippen molar-refractivity contribution in [1.29, 1.82) is 0 Å². The summed E-state index contributed by atoms with van der Waals surface area (Å²) in [5.41, 5.74) is 3.31. The molecule has 4 heteroatoms. The van der Waals surface area contributed by atoms with Crippen LogP contribution in [0.2, 0.25) is 0 Å². The molecule has 0 saturated carbocycles. The van der Waals surface area contributed by atoms with Crippen LogP contribution >= 0.6 is 0 Å². The first-order chi connectivity index (χ1) is 11.8. The average Bonchev–Trinajstić information content (AvgIpc) is 2.63. The number of pyridine rings is 1. The van der Waals surface area contributed by atoms with Crippen molar-refractivity contribution in [3.8, 4) is 11.5 Å². The quantitative estimate of drug-likeness (QED) is 0.798. The number of aromatic nitrogens is 1. The summed E-state index contributed by atoms with van der Waals surface area (Å²) in [6.07, 6.45) is 0. The Balaban J connectivity index is 1.75. The van der Waals surface area contributed by atoms with Crippen LogP contribution in [-0.2, 0) is 0 Å². The minimum Gasteiger partial charge on any atom is -0.457 e. The van der Waals surface area contributed by atoms with Gasteiger partial charge in [-0.1, -0.05) is 18.2 Å². The van der Waals surface area contributed by atoms with Gasteiger partial charge in [-0.2, -0.15) is 0 Å². The summed E-state index contributed by atoms with van der Waals surface area (Å²) in [6.45, 7) is 6.12. The minimum atomic E-state index is 0.843. The maximum absolute atomic E-state index is 6.00. The van der Waals surface area contributed by atoms with E-state index in [-0.39, 0.29) is 0 Å². The van der Waals surface area contributed by atoms with Gasteiger partial charge in [0.2, 0.25) is 0 Å². The van der Waals surface area contributed by atoms with Crippen LogP contribution in [0.25, 0.3) is 10.9 Å². The van der Waals surface area contributed by atoms with Crippen LogP contribution < -0.4 is 15.0 Å². The molecule has 2 heterocycles. The van der Waals surface area contributed by atoms with Crippen LogP contribution in [0.15, 0.2) is 54.6 Å². The van der Waals surface area contributed by atoms with E-state index in [9.17, 15) is 0 Å². The molecule has 2 aromatic carbocycles. The first-order valence-electron chi connectivity index (χ1n) is 8.39. The van der Waals surface area contributed by atoms with Crippen molar-refractivity contribution in [2.45, 2.75) is 6.92 Å². The zero-order valence-electron chi connectivity index (χ0n) is 13.8. The maximum Gasteiger partial charge on any atom is 0.128 e. The van der Waals surface area contributed by atoms with Gasteiger partial charge in [0.15, 0.2) is 0 Å². The number of nitrogens with one attached hydrogen (secondary N) is 1. The SMILES string of the molecule is Cc1cc(N2CCNCC2)c2cc(Oc3ccccc3)ccc2n1. The highest BCUT2D eigenvalue weighted by Crippen LogP contribution is 2.32. The number of benzene rings is 2. The summed E-state index contributed by atoms with van der Waals surface area (Å²) in [7, 11) is 0. The summed E-state index contributed by atoms with van der Waals surface area (Å²) in [5.74, 6) is 1.69. The number of rotatable bonds is 3. The van der Waals surface area contributed by atoms with Crippen molar-refractivity contribution in [1.82, 2.24) is 10.3 Å². The Morgan fingerprint density at radius 2 is 1.75 bits per heavy atom. The van der Waals surface area contributed by atoms with Gasteiger partial charge in [0.05, 0.1) is 5.52 Å². The molecule has 0 atom stereocenters. The summed E-state index contributed by atoms with van der Waals surface area (Å²) in [4.78, 5) is 7.11. The van der Waals surface area contributed by atoms with E-state index >= 15 is 0 Å². The number of fused-ring (bicyclic) bond motifs is 1. The molecule has 0 bridgehead atoms. The van der Waals surface area contributed by atoms with Gasteiger partial charge in [0.25, 0.3) is 0 Å². The van der Waals surface area contributed by atoms with E-state index in [4.69, 9.17) is 4.74 Å². The van der Waals surface area contributed by atoms with Crippen molar-refractivity contribution in [2.75, 3.05) is 31.1 Å². The molecule has 3 aromatic rings.